The summed E-state index contributed by atoms with van der Waals surface area (Å²) in [6.07, 6.45) is 0. The van der Waals surface area contributed by atoms with Gasteiger partial charge in [0.15, 0.2) is 5.69 Å². The van der Waals surface area contributed by atoms with Crippen molar-refractivity contribution in [2.24, 2.45) is 0 Å². The van der Waals surface area contributed by atoms with Gasteiger partial charge in [-0.3, -0.25) is 0 Å². The van der Waals surface area contributed by atoms with E-state index in [2.05, 4.69) is 176 Å². The van der Waals surface area contributed by atoms with E-state index < -0.39 is 0 Å². The van der Waals surface area contributed by atoms with Gasteiger partial charge in [0, 0.05) is 49.1 Å². The molecule has 0 amide bonds. The number of nitriles is 1. The first-order valence-electron chi connectivity index (χ1n) is 18.3. The van der Waals surface area contributed by atoms with Gasteiger partial charge in [-0.05, 0) is 72.3 Å². The zero-order valence-corrected chi connectivity index (χ0v) is 29.5. The van der Waals surface area contributed by atoms with Gasteiger partial charge >= 0.3 is 0 Å². The summed E-state index contributed by atoms with van der Waals surface area (Å²) < 4.78 is 6.98. The van der Waals surface area contributed by atoms with Crippen molar-refractivity contribution in [2.45, 2.75) is 0 Å². The van der Waals surface area contributed by atoms with Crippen LogP contribution in [-0.4, -0.2) is 13.7 Å². The summed E-state index contributed by atoms with van der Waals surface area (Å²) in [5.41, 5.74) is 12.8. The van der Waals surface area contributed by atoms with Crippen LogP contribution >= 0.6 is 0 Å². The lowest BCUT2D eigenvalue weighted by atomic mass is 10.0. The van der Waals surface area contributed by atoms with E-state index in [9.17, 15) is 5.26 Å². The van der Waals surface area contributed by atoms with E-state index >= 15 is 0 Å². The summed E-state index contributed by atoms with van der Waals surface area (Å²) in [5, 5.41) is 17.2. The number of benzene rings is 8. The lowest BCUT2D eigenvalue weighted by molar-refractivity contribution is 1.16. The van der Waals surface area contributed by atoms with Gasteiger partial charge in [0.05, 0.1) is 57.2 Å². The highest BCUT2D eigenvalue weighted by atomic mass is 15.0. The number of rotatable bonds is 4. The predicted octanol–water partition coefficient (Wildman–Crippen LogP) is 13.1. The minimum absolute atomic E-state index is 0.591. The molecule has 0 spiro atoms. The maximum absolute atomic E-state index is 10.2. The molecule has 0 aliphatic heterocycles. The van der Waals surface area contributed by atoms with Crippen molar-refractivity contribution in [3.8, 4) is 34.3 Å². The fourth-order valence-corrected chi connectivity index (χ4v) is 8.78. The molecule has 0 atom stereocenters. The summed E-state index contributed by atoms with van der Waals surface area (Å²) in [6.45, 7) is 7.73. The average Bonchev–Trinajstić information content (AvgIpc) is 3.89. The van der Waals surface area contributed by atoms with E-state index in [-0.39, 0.29) is 0 Å². The molecule has 5 heteroatoms. The third-order valence-electron chi connectivity index (χ3n) is 11.1. The molecule has 8 aromatic carbocycles. The third kappa shape index (κ3) is 4.45. The second-order valence-corrected chi connectivity index (χ2v) is 14.0. The maximum atomic E-state index is 10.2. The molecule has 0 fully saturated rings. The molecule has 254 valence electrons. The van der Waals surface area contributed by atoms with Gasteiger partial charge in [0.2, 0.25) is 0 Å². The smallest absolute Gasteiger partial charge is 0.189 e. The number of hydrogen-bond acceptors (Lipinski definition) is 1. The van der Waals surface area contributed by atoms with Crippen LogP contribution in [0.1, 0.15) is 5.56 Å². The first-order chi connectivity index (χ1) is 27.2. The first kappa shape index (κ1) is 30.7. The van der Waals surface area contributed by atoms with Crippen LogP contribution in [0.15, 0.2) is 176 Å². The fourth-order valence-electron chi connectivity index (χ4n) is 8.78. The third-order valence-corrected chi connectivity index (χ3v) is 11.1. The highest BCUT2D eigenvalue weighted by Gasteiger charge is 2.22. The standard InChI is InChI=1S/C50H29N5/c1-52-34-25-27-40-39-16-2-6-18-42(39)53(49(40)30-34)35-13-10-12-33(29-35)36-26-24-32(31-51)28-48(36)55-45-21-9-5-17-41(45)50-46(22-11-23-47(50)55)54-43-19-7-3-14-37(43)38-15-4-8-20-44(38)54/h2-30H. The molecule has 0 saturated heterocycles. The lowest BCUT2D eigenvalue weighted by Crippen LogP contribution is -2.00. The van der Waals surface area contributed by atoms with Gasteiger partial charge in [-0.1, -0.05) is 109 Å². The SMILES string of the molecule is [C-]#[N+]c1ccc2c3ccccc3n(-c3cccc(-c4ccc(C#N)cc4-n4c5ccccc5c5c(-n6c7ccccc7c7ccccc76)cccc54)c3)c2c1. The van der Waals surface area contributed by atoms with E-state index in [0.717, 1.165) is 82.8 Å². The van der Waals surface area contributed by atoms with Crippen molar-refractivity contribution >= 4 is 71.1 Å². The minimum Gasteiger partial charge on any atom is -0.310 e. The van der Waals surface area contributed by atoms with Gasteiger partial charge in [0.1, 0.15) is 0 Å². The van der Waals surface area contributed by atoms with Crippen LogP contribution in [0.5, 0.6) is 0 Å². The Balaban J connectivity index is 1.19. The molecule has 55 heavy (non-hydrogen) atoms. The number of para-hydroxylation sites is 4. The Labute approximate surface area is 316 Å². The van der Waals surface area contributed by atoms with Gasteiger partial charge in [-0.15, -0.1) is 0 Å². The van der Waals surface area contributed by atoms with Crippen LogP contribution in [0.3, 0.4) is 0 Å². The number of hydrogen-bond donors (Lipinski definition) is 0. The van der Waals surface area contributed by atoms with Gasteiger partial charge in [-0.25, -0.2) is 4.85 Å². The zero-order chi connectivity index (χ0) is 36.6. The maximum Gasteiger partial charge on any atom is 0.189 e. The second-order valence-electron chi connectivity index (χ2n) is 14.0. The van der Waals surface area contributed by atoms with E-state index in [0.29, 0.717) is 11.3 Å². The molecule has 5 nitrogen and oxygen atoms in total. The van der Waals surface area contributed by atoms with Crippen molar-refractivity contribution in [2.75, 3.05) is 0 Å². The van der Waals surface area contributed by atoms with Crippen LogP contribution in [0.2, 0.25) is 0 Å². The van der Waals surface area contributed by atoms with Crippen molar-refractivity contribution in [1.82, 2.24) is 13.7 Å². The molecule has 0 radical (unpaired) electrons. The zero-order valence-electron chi connectivity index (χ0n) is 29.5. The quantitative estimate of drug-likeness (QED) is 0.169. The predicted molar refractivity (Wildman–Crippen MR) is 226 cm³/mol. The Kier molecular flexibility index (Phi) is 6.61. The second kappa shape index (κ2) is 11.8. The van der Waals surface area contributed by atoms with Crippen molar-refractivity contribution in [3.05, 3.63) is 193 Å². The molecule has 11 aromatic rings. The van der Waals surface area contributed by atoms with Gasteiger partial charge in [-0.2, -0.15) is 5.26 Å². The van der Waals surface area contributed by atoms with Crippen LogP contribution in [-0.2, 0) is 0 Å². The van der Waals surface area contributed by atoms with E-state index in [1.165, 1.54) is 10.8 Å². The van der Waals surface area contributed by atoms with E-state index in [1.54, 1.807) is 0 Å². The van der Waals surface area contributed by atoms with Crippen LogP contribution < -0.4 is 0 Å². The summed E-state index contributed by atoms with van der Waals surface area (Å²) in [4.78, 5) is 3.76. The molecule has 11 rings (SSSR count). The molecule has 0 unspecified atom stereocenters. The molecule has 3 aromatic heterocycles. The lowest BCUT2D eigenvalue weighted by Gasteiger charge is -2.16. The molecule has 3 heterocycles. The van der Waals surface area contributed by atoms with Crippen LogP contribution in [0, 0.1) is 17.9 Å². The van der Waals surface area contributed by atoms with Crippen LogP contribution in [0.25, 0.3) is 98.5 Å². The number of nitrogens with zero attached hydrogens (tertiary/aromatic N) is 5. The Morgan fingerprint density at radius 2 is 1.00 bits per heavy atom. The Hall–Kier alpha value is -7.86. The summed E-state index contributed by atoms with van der Waals surface area (Å²) >= 11 is 0. The largest absolute Gasteiger partial charge is 0.310 e. The molecule has 0 aliphatic carbocycles. The molecule has 0 saturated carbocycles. The Morgan fingerprint density at radius 3 is 1.67 bits per heavy atom. The highest BCUT2D eigenvalue weighted by molar-refractivity contribution is 6.17. The molecule has 0 aliphatic rings. The van der Waals surface area contributed by atoms with Crippen molar-refractivity contribution < 1.29 is 0 Å². The number of aromatic nitrogens is 3. The minimum atomic E-state index is 0.591. The highest BCUT2D eigenvalue weighted by Crippen LogP contribution is 2.42. The Bertz CT molecular complexity index is 3420. The monoisotopic (exact) mass is 699 g/mol. The van der Waals surface area contributed by atoms with Gasteiger partial charge in [0.25, 0.3) is 0 Å². The molecular weight excluding hydrogens is 671 g/mol. The summed E-state index contributed by atoms with van der Waals surface area (Å²) in [6, 6.07) is 63.7. The van der Waals surface area contributed by atoms with Crippen molar-refractivity contribution in [3.63, 3.8) is 0 Å². The molecular formula is C50H29N5. The topological polar surface area (TPSA) is 42.9 Å². The normalized spacial score (nSPS) is 11.6. The first-order valence-corrected chi connectivity index (χ1v) is 18.3. The molecule has 0 bridgehead atoms. The van der Waals surface area contributed by atoms with Crippen LogP contribution in [0.4, 0.5) is 5.69 Å². The average molecular weight is 700 g/mol. The van der Waals surface area contributed by atoms with Crippen molar-refractivity contribution in [1.29, 1.82) is 5.26 Å². The Morgan fingerprint density at radius 1 is 0.436 bits per heavy atom. The summed E-state index contributed by atoms with van der Waals surface area (Å²) in [7, 11) is 0. The summed E-state index contributed by atoms with van der Waals surface area (Å²) in [5.74, 6) is 0. The fraction of sp³-hybridized carbons (Fsp3) is 0. The molecule has 0 N–H and O–H groups in total. The van der Waals surface area contributed by atoms with Gasteiger partial charge < -0.3 is 13.7 Å². The van der Waals surface area contributed by atoms with E-state index in [1.807, 2.05) is 24.3 Å². The number of fused-ring (bicyclic) bond motifs is 9. The van der Waals surface area contributed by atoms with E-state index in [4.69, 9.17) is 6.57 Å².